The highest BCUT2D eigenvalue weighted by molar-refractivity contribution is 6.42. The second kappa shape index (κ2) is 6.44. The Morgan fingerprint density at radius 1 is 1.27 bits per heavy atom. The van der Waals surface area contributed by atoms with Crippen molar-refractivity contribution in [1.82, 2.24) is 10.6 Å². The molecule has 22 heavy (non-hydrogen) atoms. The lowest BCUT2D eigenvalue weighted by Gasteiger charge is -2.19. The summed E-state index contributed by atoms with van der Waals surface area (Å²) in [5.41, 5.74) is 0.704. The number of anilines is 1. The highest BCUT2D eigenvalue weighted by atomic mass is 35.5. The van der Waals surface area contributed by atoms with Crippen molar-refractivity contribution in [3.63, 3.8) is 0 Å². The summed E-state index contributed by atoms with van der Waals surface area (Å²) in [5, 5.41) is 6.84. The SMILES string of the molecule is O=C(NC1CCN(c2ccc(Cl)c(Cl)c2)C1=O)C1CCCN1. The van der Waals surface area contributed by atoms with Crippen LogP contribution in [-0.4, -0.2) is 37.0 Å². The lowest BCUT2D eigenvalue weighted by Crippen LogP contribution is -2.48. The number of rotatable bonds is 3. The van der Waals surface area contributed by atoms with Crippen molar-refractivity contribution >= 4 is 40.7 Å². The van der Waals surface area contributed by atoms with E-state index in [9.17, 15) is 9.59 Å². The molecule has 2 aliphatic rings. The van der Waals surface area contributed by atoms with Gasteiger partial charge in [-0.25, -0.2) is 0 Å². The lowest BCUT2D eigenvalue weighted by molar-refractivity contribution is -0.127. The fourth-order valence-corrected chi connectivity index (χ4v) is 3.20. The first-order chi connectivity index (χ1) is 10.6. The van der Waals surface area contributed by atoms with Crippen molar-refractivity contribution in [2.45, 2.75) is 31.3 Å². The molecule has 0 spiro atoms. The van der Waals surface area contributed by atoms with Crippen molar-refractivity contribution in [1.29, 1.82) is 0 Å². The van der Waals surface area contributed by atoms with Gasteiger partial charge in [-0.2, -0.15) is 0 Å². The van der Waals surface area contributed by atoms with Gasteiger partial charge in [-0.05, 0) is 44.0 Å². The number of nitrogens with zero attached hydrogens (tertiary/aromatic N) is 1. The van der Waals surface area contributed by atoms with E-state index < -0.39 is 6.04 Å². The molecule has 0 bridgehead atoms. The number of hydrogen-bond donors (Lipinski definition) is 2. The van der Waals surface area contributed by atoms with Gasteiger partial charge in [0.25, 0.3) is 0 Å². The van der Waals surface area contributed by atoms with Gasteiger partial charge in [0.15, 0.2) is 0 Å². The maximum absolute atomic E-state index is 12.5. The summed E-state index contributed by atoms with van der Waals surface area (Å²) in [6.45, 7) is 1.41. The summed E-state index contributed by atoms with van der Waals surface area (Å²) in [4.78, 5) is 26.2. The second-order valence-electron chi connectivity index (χ2n) is 5.59. The van der Waals surface area contributed by atoms with E-state index in [0.29, 0.717) is 28.7 Å². The Bertz CT molecular complexity index is 602. The Labute approximate surface area is 138 Å². The number of halogens is 2. The van der Waals surface area contributed by atoms with Crippen LogP contribution in [-0.2, 0) is 9.59 Å². The van der Waals surface area contributed by atoms with Gasteiger partial charge < -0.3 is 15.5 Å². The summed E-state index contributed by atoms with van der Waals surface area (Å²) in [6, 6.07) is 4.46. The summed E-state index contributed by atoms with van der Waals surface area (Å²) >= 11 is 11.9. The Morgan fingerprint density at radius 2 is 2.09 bits per heavy atom. The van der Waals surface area contributed by atoms with Gasteiger partial charge in [-0.15, -0.1) is 0 Å². The third-order valence-electron chi connectivity index (χ3n) is 4.11. The highest BCUT2D eigenvalue weighted by Gasteiger charge is 2.35. The van der Waals surface area contributed by atoms with E-state index in [0.717, 1.165) is 19.4 Å². The summed E-state index contributed by atoms with van der Waals surface area (Å²) in [7, 11) is 0. The van der Waals surface area contributed by atoms with Crippen molar-refractivity contribution in [2.24, 2.45) is 0 Å². The Balaban J connectivity index is 1.66. The van der Waals surface area contributed by atoms with Gasteiger partial charge in [0.1, 0.15) is 6.04 Å². The molecule has 2 amide bonds. The van der Waals surface area contributed by atoms with Crippen LogP contribution in [0.4, 0.5) is 5.69 Å². The Hall–Kier alpha value is -1.30. The molecular formula is C15H17Cl2N3O2. The van der Waals surface area contributed by atoms with E-state index in [1.807, 2.05) is 0 Å². The predicted octanol–water partition coefficient (Wildman–Crippen LogP) is 1.97. The number of carbonyl (C=O) groups excluding carboxylic acids is 2. The van der Waals surface area contributed by atoms with Gasteiger partial charge >= 0.3 is 0 Å². The Kier molecular flexibility index (Phi) is 4.57. The van der Waals surface area contributed by atoms with Crippen LogP contribution in [0.5, 0.6) is 0 Å². The average Bonchev–Trinajstić information content (AvgIpc) is 3.13. The molecule has 2 atom stereocenters. The van der Waals surface area contributed by atoms with Crippen LogP contribution in [0.2, 0.25) is 10.0 Å². The molecule has 3 rings (SSSR count). The maximum atomic E-state index is 12.5. The number of hydrogen-bond acceptors (Lipinski definition) is 3. The van der Waals surface area contributed by atoms with Crippen LogP contribution in [0.15, 0.2) is 18.2 Å². The molecule has 0 radical (unpaired) electrons. The topological polar surface area (TPSA) is 61.4 Å². The third kappa shape index (κ3) is 3.07. The molecule has 2 heterocycles. The first-order valence-corrected chi connectivity index (χ1v) is 8.12. The largest absolute Gasteiger partial charge is 0.343 e. The van der Waals surface area contributed by atoms with Crippen molar-refractivity contribution in [3.8, 4) is 0 Å². The molecule has 0 saturated carbocycles. The number of nitrogens with one attached hydrogen (secondary N) is 2. The van der Waals surface area contributed by atoms with E-state index in [2.05, 4.69) is 10.6 Å². The minimum absolute atomic E-state index is 0.0909. The fourth-order valence-electron chi connectivity index (χ4n) is 2.90. The zero-order valence-electron chi connectivity index (χ0n) is 11.9. The minimum Gasteiger partial charge on any atom is -0.343 e. The minimum atomic E-state index is -0.468. The van der Waals surface area contributed by atoms with E-state index in [4.69, 9.17) is 23.2 Å². The van der Waals surface area contributed by atoms with Gasteiger partial charge in [0.2, 0.25) is 11.8 Å². The number of benzene rings is 1. The third-order valence-corrected chi connectivity index (χ3v) is 4.85. The molecule has 1 aromatic carbocycles. The van der Waals surface area contributed by atoms with Crippen LogP contribution in [0.25, 0.3) is 0 Å². The molecule has 2 fully saturated rings. The standard InChI is InChI=1S/C15H17Cl2N3O2/c16-10-4-3-9(8-11(10)17)20-7-5-13(15(20)22)19-14(21)12-2-1-6-18-12/h3-4,8,12-13,18H,1-2,5-7H2,(H,19,21). The van der Waals surface area contributed by atoms with Crippen molar-refractivity contribution in [3.05, 3.63) is 28.2 Å². The lowest BCUT2D eigenvalue weighted by atomic mass is 10.2. The van der Waals surface area contributed by atoms with Gasteiger partial charge in [-0.3, -0.25) is 9.59 Å². The molecule has 2 saturated heterocycles. The van der Waals surface area contributed by atoms with E-state index >= 15 is 0 Å². The summed E-state index contributed by atoms with van der Waals surface area (Å²) in [5.74, 6) is -0.198. The van der Waals surface area contributed by atoms with E-state index in [1.165, 1.54) is 0 Å². The second-order valence-corrected chi connectivity index (χ2v) is 6.40. The fraction of sp³-hybridized carbons (Fsp3) is 0.467. The van der Waals surface area contributed by atoms with E-state index in [1.54, 1.807) is 23.1 Å². The van der Waals surface area contributed by atoms with Gasteiger partial charge in [0.05, 0.1) is 16.1 Å². The van der Waals surface area contributed by atoms with Crippen LogP contribution in [0.1, 0.15) is 19.3 Å². The zero-order valence-corrected chi connectivity index (χ0v) is 13.5. The first-order valence-electron chi connectivity index (χ1n) is 7.36. The smallest absolute Gasteiger partial charge is 0.249 e. The molecule has 2 unspecified atom stereocenters. The molecule has 0 aromatic heterocycles. The summed E-state index contributed by atoms with van der Waals surface area (Å²) < 4.78 is 0. The normalized spacial score (nSPS) is 24.8. The predicted molar refractivity (Wildman–Crippen MR) is 86.4 cm³/mol. The molecule has 118 valence electrons. The number of carbonyl (C=O) groups is 2. The highest BCUT2D eigenvalue weighted by Crippen LogP contribution is 2.29. The van der Waals surface area contributed by atoms with Crippen LogP contribution in [0.3, 0.4) is 0 Å². The number of amides is 2. The maximum Gasteiger partial charge on any atom is 0.249 e. The molecule has 2 N–H and O–H groups in total. The molecule has 1 aromatic rings. The van der Waals surface area contributed by atoms with E-state index in [-0.39, 0.29) is 17.9 Å². The average molecular weight is 342 g/mol. The van der Waals surface area contributed by atoms with Crippen LogP contribution in [0, 0.1) is 0 Å². The van der Waals surface area contributed by atoms with Gasteiger partial charge in [-0.1, -0.05) is 23.2 Å². The molecule has 2 aliphatic heterocycles. The monoisotopic (exact) mass is 341 g/mol. The Morgan fingerprint density at radius 3 is 2.77 bits per heavy atom. The zero-order chi connectivity index (χ0) is 15.7. The van der Waals surface area contributed by atoms with Crippen molar-refractivity contribution < 1.29 is 9.59 Å². The molecule has 5 nitrogen and oxygen atoms in total. The quantitative estimate of drug-likeness (QED) is 0.883. The first kappa shape index (κ1) is 15.6. The molecule has 0 aliphatic carbocycles. The molecule has 7 heteroatoms. The van der Waals surface area contributed by atoms with Crippen LogP contribution >= 0.6 is 23.2 Å². The van der Waals surface area contributed by atoms with Crippen molar-refractivity contribution in [2.75, 3.05) is 18.0 Å². The van der Waals surface area contributed by atoms with Gasteiger partial charge in [0, 0.05) is 12.2 Å². The van der Waals surface area contributed by atoms with Crippen LogP contribution < -0.4 is 15.5 Å². The summed E-state index contributed by atoms with van der Waals surface area (Å²) in [6.07, 6.45) is 2.41. The molecular weight excluding hydrogens is 325 g/mol.